The molecule has 0 spiro atoms. The van der Waals surface area contributed by atoms with Crippen molar-refractivity contribution in [1.82, 2.24) is 9.88 Å². The van der Waals surface area contributed by atoms with Gasteiger partial charge < -0.3 is 9.47 Å². The van der Waals surface area contributed by atoms with Crippen LogP contribution in [0.5, 0.6) is 5.75 Å². The minimum absolute atomic E-state index is 0. The smallest absolute Gasteiger partial charge is 0.228 e. The highest BCUT2D eigenvalue weighted by Crippen LogP contribution is 2.36. The van der Waals surface area contributed by atoms with Crippen molar-refractivity contribution in [2.24, 2.45) is 0 Å². The normalized spacial score (nSPS) is 14.8. The van der Waals surface area contributed by atoms with E-state index in [-0.39, 0.29) is 18.3 Å². The van der Waals surface area contributed by atoms with Gasteiger partial charge in [-0.2, -0.15) is 0 Å². The highest BCUT2D eigenvalue weighted by Gasteiger charge is 2.22. The Labute approximate surface area is 170 Å². The summed E-state index contributed by atoms with van der Waals surface area (Å²) in [6.07, 6.45) is 1.37. The summed E-state index contributed by atoms with van der Waals surface area (Å²) in [4.78, 5) is 21.7. The second-order valence-corrected chi connectivity index (χ2v) is 7.49. The first kappa shape index (κ1) is 21.9. The van der Waals surface area contributed by atoms with Gasteiger partial charge in [0, 0.05) is 32.6 Å². The molecule has 0 radical (unpaired) electrons. The maximum atomic E-state index is 12.8. The van der Waals surface area contributed by atoms with Crippen LogP contribution in [-0.2, 0) is 9.53 Å². The first-order valence-corrected chi connectivity index (χ1v) is 10.00. The molecule has 0 unspecified atom stereocenters. The highest BCUT2D eigenvalue weighted by molar-refractivity contribution is 7.22. The van der Waals surface area contributed by atoms with Crippen molar-refractivity contribution in [2.45, 2.75) is 26.7 Å². The third-order valence-electron chi connectivity index (χ3n) is 4.65. The van der Waals surface area contributed by atoms with Crippen molar-refractivity contribution >= 4 is 45.0 Å². The number of ether oxygens (including phenoxy) is 2. The number of methoxy groups -OCH3 is 1. The van der Waals surface area contributed by atoms with Crippen LogP contribution < -0.4 is 9.64 Å². The molecule has 1 fully saturated rings. The van der Waals surface area contributed by atoms with Crippen molar-refractivity contribution in [2.75, 3.05) is 51.4 Å². The molecule has 27 heavy (non-hydrogen) atoms. The van der Waals surface area contributed by atoms with E-state index in [9.17, 15) is 4.79 Å². The van der Waals surface area contributed by atoms with Gasteiger partial charge >= 0.3 is 0 Å². The van der Waals surface area contributed by atoms with Crippen LogP contribution in [0.4, 0.5) is 5.13 Å². The Bertz CT molecular complexity index is 762. The van der Waals surface area contributed by atoms with Gasteiger partial charge in [0.15, 0.2) is 5.13 Å². The zero-order chi connectivity index (χ0) is 18.5. The summed E-state index contributed by atoms with van der Waals surface area (Å²) >= 11 is 1.57. The van der Waals surface area contributed by atoms with E-state index in [0.29, 0.717) is 13.0 Å². The fourth-order valence-electron chi connectivity index (χ4n) is 3.12. The van der Waals surface area contributed by atoms with Gasteiger partial charge in [0.1, 0.15) is 11.3 Å². The fourth-order valence-corrected chi connectivity index (χ4v) is 4.22. The molecule has 2 heterocycles. The molecule has 2 aromatic rings. The van der Waals surface area contributed by atoms with Crippen LogP contribution >= 0.6 is 23.7 Å². The maximum Gasteiger partial charge on any atom is 0.228 e. The van der Waals surface area contributed by atoms with E-state index in [2.05, 4.69) is 11.8 Å². The van der Waals surface area contributed by atoms with E-state index in [1.807, 2.05) is 24.0 Å². The SMILES string of the molecule is CCCC(=O)N(CCN1CCOCC1)c1nc2c(OC)ccc(C)c2s1.Cl. The Kier molecular flexibility index (Phi) is 8.28. The van der Waals surface area contributed by atoms with Crippen LogP contribution in [0.1, 0.15) is 25.3 Å². The molecule has 1 aliphatic rings. The van der Waals surface area contributed by atoms with Gasteiger partial charge in [0.05, 0.1) is 25.0 Å². The summed E-state index contributed by atoms with van der Waals surface area (Å²) in [6.45, 7) is 8.95. The third kappa shape index (κ3) is 5.10. The summed E-state index contributed by atoms with van der Waals surface area (Å²) in [7, 11) is 1.65. The lowest BCUT2D eigenvalue weighted by molar-refractivity contribution is -0.118. The van der Waals surface area contributed by atoms with Gasteiger partial charge in [-0.05, 0) is 25.0 Å². The first-order valence-electron chi connectivity index (χ1n) is 9.18. The molecule has 3 rings (SSSR count). The number of hydrogen-bond acceptors (Lipinski definition) is 6. The van der Waals surface area contributed by atoms with Gasteiger partial charge in [0.2, 0.25) is 5.91 Å². The largest absolute Gasteiger partial charge is 0.494 e. The lowest BCUT2D eigenvalue weighted by Gasteiger charge is -2.29. The first-order chi connectivity index (χ1) is 12.6. The molecule has 8 heteroatoms. The standard InChI is InChI=1S/C19H27N3O3S.ClH/c1-4-5-16(23)22(9-8-21-10-12-25-13-11-21)19-20-17-15(24-3)7-6-14(2)18(17)26-19;/h6-7H,4-5,8-13H2,1-3H3;1H. The van der Waals surface area contributed by atoms with E-state index in [1.165, 1.54) is 0 Å². The summed E-state index contributed by atoms with van der Waals surface area (Å²) < 4.78 is 11.9. The molecule has 1 amide bonds. The lowest BCUT2D eigenvalue weighted by Crippen LogP contribution is -2.43. The van der Waals surface area contributed by atoms with Crippen LogP contribution in [0.25, 0.3) is 10.2 Å². The number of halogens is 1. The monoisotopic (exact) mass is 413 g/mol. The molecule has 1 aromatic heterocycles. The number of carbonyl (C=O) groups excluding carboxylic acids is 1. The molecular formula is C19H28ClN3O3S. The highest BCUT2D eigenvalue weighted by atomic mass is 35.5. The van der Waals surface area contributed by atoms with Crippen molar-refractivity contribution in [1.29, 1.82) is 0 Å². The molecule has 150 valence electrons. The van der Waals surface area contributed by atoms with E-state index in [4.69, 9.17) is 14.5 Å². The van der Waals surface area contributed by atoms with Crippen LogP contribution in [0, 0.1) is 6.92 Å². The Morgan fingerprint density at radius 1 is 1.37 bits per heavy atom. The number of nitrogens with zero attached hydrogens (tertiary/aromatic N) is 3. The minimum Gasteiger partial charge on any atom is -0.494 e. The fraction of sp³-hybridized carbons (Fsp3) is 0.579. The van der Waals surface area contributed by atoms with Gasteiger partial charge in [0.25, 0.3) is 0 Å². The van der Waals surface area contributed by atoms with E-state index in [0.717, 1.165) is 65.9 Å². The van der Waals surface area contributed by atoms with Crippen molar-refractivity contribution in [3.63, 3.8) is 0 Å². The van der Waals surface area contributed by atoms with Crippen molar-refractivity contribution in [3.05, 3.63) is 17.7 Å². The molecular weight excluding hydrogens is 386 g/mol. The predicted molar refractivity (Wildman–Crippen MR) is 113 cm³/mol. The average Bonchev–Trinajstić information content (AvgIpc) is 3.09. The number of carbonyl (C=O) groups is 1. The third-order valence-corrected chi connectivity index (χ3v) is 5.87. The zero-order valence-corrected chi connectivity index (χ0v) is 17.8. The number of fused-ring (bicyclic) bond motifs is 1. The molecule has 0 atom stereocenters. The molecule has 1 aromatic carbocycles. The predicted octanol–water partition coefficient (Wildman–Crippen LogP) is 3.50. The quantitative estimate of drug-likeness (QED) is 0.695. The van der Waals surface area contributed by atoms with E-state index >= 15 is 0 Å². The van der Waals surface area contributed by atoms with E-state index in [1.54, 1.807) is 18.4 Å². The second-order valence-electron chi connectivity index (χ2n) is 6.51. The molecule has 0 aliphatic carbocycles. The van der Waals surface area contributed by atoms with Gasteiger partial charge in [-0.15, -0.1) is 12.4 Å². The molecule has 0 N–H and O–H groups in total. The van der Waals surface area contributed by atoms with Gasteiger partial charge in [-0.3, -0.25) is 14.6 Å². The number of amides is 1. The molecule has 6 nitrogen and oxygen atoms in total. The Balaban J connectivity index is 0.00000261. The Hall–Kier alpha value is -1.41. The minimum atomic E-state index is 0. The number of aryl methyl sites for hydroxylation is 1. The molecule has 0 saturated carbocycles. The number of anilines is 1. The maximum absolute atomic E-state index is 12.8. The topological polar surface area (TPSA) is 54.9 Å². The summed E-state index contributed by atoms with van der Waals surface area (Å²) in [5, 5.41) is 0.763. The Morgan fingerprint density at radius 2 is 2.11 bits per heavy atom. The number of benzene rings is 1. The average molecular weight is 414 g/mol. The number of rotatable bonds is 7. The molecule has 1 aliphatic heterocycles. The number of morpholine rings is 1. The van der Waals surface area contributed by atoms with Crippen molar-refractivity contribution < 1.29 is 14.3 Å². The van der Waals surface area contributed by atoms with E-state index < -0.39 is 0 Å². The van der Waals surface area contributed by atoms with Crippen LogP contribution in [-0.4, -0.2) is 62.3 Å². The Morgan fingerprint density at radius 3 is 2.78 bits per heavy atom. The van der Waals surface area contributed by atoms with Crippen LogP contribution in [0.3, 0.4) is 0 Å². The summed E-state index contributed by atoms with van der Waals surface area (Å²) in [5.41, 5.74) is 1.99. The zero-order valence-electron chi connectivity index (χ0n) is 16.2. The van der Waals surface area contributed by atoms with Gasteiger partial charge in [-0.1, -0.05) is 24.3 Å². The number of aromatic nitrogens is 1. The second kappa shape index (κ2) is 10.2. The lowest BCUT2D eigenvalue weighted by atomic mass is 10.2. The van der Waals surface area contributed by atoms with Crippen molar-refractivity contribution in [3.8, 4) is 5.75 Å². The summed E-state index contributed by atoms with van der Waals surface area (Å²) in [5.74, 6) is 0.889. The molecule has 1 saturated heterocycles. The number of hydrogen-bond donors (Lipinski definition) is 0. The van der Waals surface area contributed by atoms with Gasteiger partial charge in [-0.25, -0.2) is 4.98 Å². The molecule has 0 bridgehead atoms. The van der Waals surface area contributed by atoms with Crippen LogP contribution in [0.15, 0.2) is 12.1 Å². The van der Waals surface area contributed by atoms with Crippen LogP contribution in [0.2, 0.25) is 0 Å². The number of thiazole rings is 1. The summed E-state index contributed by atoms with van der Waals surface area (Å²) in [6, 6.07) is 3.97.